The molecule has 150 valence electrons. The van der Waals surface area contributed by atoms with Gasteiger partial charge in [-0.3, -0.25) is 4.79 Å². The predicted octanol–water partition coefficient (Wildman–Crippen LogP) is 0.525. The van der Waals surface area contributed by atoms with Crippen LogP contribution in [0.5, 0.6) is 5.75 Å². The third kappa shape index (κ3) is 4.35. The van der Waals surface area contributed by atoms with Gasteiger partial charge in [-0.25, -0.2) is 12.7 Å². The van der Waals surface area contributed by atoms with Gasteiger partial charge in [-0.1, -0.05) is 24.3 Å². The Bertz CT molecular complexity index is 973. The third-order valence-electron chi connectivity index (χ3n) is 4.94. The SMILES string of the molecule is COc1ccc(S(=O)(=O)N(C)C)cc1NC(=O)C[NH+]1CCc2ccccc2C1. The molecule has 3 rings (SSSR count). The highest BCUT2D eigenvalue weighted by molar-refractivity contribution is 7.89. The van der Waals surface area contributed by atoms with Crippen LogP contribution in [0.1, 0.15) is 11.1 Å². The van der Waals surface area contributed by atoms with Crippen molar-refractivity contribution in [1.82, 2.24) is 4.31 Å². The van der Waals surface area contributed by atoms with Crippen molar-refractivity contribution in [2.45, 2.75) is 17.9 Å². The van der Waals surface area contributed by atoms with Gasteiger partial charge in [0, 0.05) is 26.1 Å². The Morgan fingerprint density at radius 1 is 1.18 bits per heavy atom. The number of hydrogen-bond donors (Lipinski definition) is 2. The Labute approximate surface area is 166 Å². The highest BCUT2D eigenvalue weighted by Crippen LogP contribution is 2.28. The molecule has 0 saturated heterocycles. The number of nitrogens with zero attached hydrogens (tertiary/aromatic N) is 1. The Kier molecular flexibility index (Phi) is 6.02. The normalized spacial score (nSPS) is 16.5. The Hall–Kier alpha value is -2.42. The summed E-state index contributed by atoms with van der Waals surface area (Å²) in [5.74, 6) is 0.247. The summed E-state index contributed by atoms with van der Waals surface area (Å²) in [6.07, 6.45) is 0.943. The average Bonchev–Trinajstić information content (AvgIpc) is 2.67. The summed E-state index contributed by atoms with van der Waals surface area (Å²) in [4.78, 5) is 13.9. The second kappa shape index (κ2) is 8.30. The van der Waals surface area contributed by atoms with Crippen molar-refractivity contribution in [2.75, 3.05) is 39.6 Å². The molecule has 1 aliphatic heterocycles. The lowest BCUT2D eigenvalue weighted by Crippen LogP contribution is -3.12. The predicted molar refractivity (Wildman–Crippen MR) is 107 cm³/mol. The molecule has 0 bridgehead atoms. The number of carbonyl (C=O) groups is 1. The fourth-order valence-electron chi connectivity index (χ4n) is 3.37. The van der Waals surface area contributed by atoms with Crippen LogP contribution in [0.15, 0.2) is 47.4 Å². The number of anilines is 1. The lowest BCUT2D eigenvalue weighted by molar-refractivity contribution is -0.907. The minimum absolute atomic E-state index is 0.104. The molecule has 2 N–H and O–H groups in total. The first kappa shape index (κ1) is 20.3. The molecule has 1 amide bonds. The first-order valence-corrected chi connectivity index (χ1v) is 10.6. The van der Waals surface area contributed by atoms with E-state index in [1.165, 1.54) is 49.4 Å². The molecular weight excluding hydrogens is 378 g/mol. The molecule has 8 heteroatoms. The van der Waals surface area contributed by atoms with Gasteiger partial charge in [0.25, 0.3) is 5.91 Å². The number of quaternary nitrogens is 1. The minimum atomic E-state index is -3.60. The van der Waals surface area contributed by atoms with Crippen molar-refractivity contribution in [3.8, 4) is 5.75 Å². The fraction of sp³-hybridized carbons (Fsp3) is 0.350. The number of carbonyl (C=O) groups excluding carboxylic acids is 1. The van der Waals surface area contributed by atoms with Crippen molar-refractivity contribution in [1.29, 1.82) is 0 Å². The van der Waals surface area contributed by atoms with Crippen LogP contribution >= 0.6 is 0 Å². The summed E-state index contributed by atoms with van der Waals surface area (Å²) in [6.45, 7) is 1.99. The van der Waals surface area contributed by atoms with E-state index >= 15 is 0 Å². The molecule has 1 aliphatic rings. The van der Waals surface area contributed by atoms with E-state index in [0.717, 1.165) is 23.8 Å². The monoisotopic (exact) mass is 404 g/mol. The van der Waals surface area contributed by atoms with Crippen LogP contribution in [0.4, 0.5) is 5.69 Å². The lowest BCUT2D eigenvalue weighted by atomic mass is 10.00. The maximum Gasteiger partial charge on any atom is 0.279 e. The Morgan fingerprint density at radius 2 is 1.89 bits per heavy atom. The number of ether oxygens (including phenoxy) is 1. The number of benzene rings is 2. The molecule has 2 aromatic rings. The molecule has 1 atom stereocenters. The topological polar surface area (TPSA) is 80.2 Å². The fourth-order valence-corrected chi connectivity index (χ4v) is 4.30. The van der Waals surface area contributed by atoms with Gasteiger partial charge in [0.15, 0.2) is 6.54 Å². The molecule has 0 spiro atoms. The van der Waals surface area contributed by atoms with Crippen LogP contribution in [0.2, 0.25) is 0 Å². The van der Waals surface area contributed by atoms with Gasteiger partial charge in [0.2, 0.25) is 10.0 Å². The van der Waals surface area contributed by atoms with Gasteiger partial charge in [0.1, 0.15) is 12.3 Å². The van der Waals surface area contributed by atoms with Crippen molar-refractivity contribution in [3.63, 3.8) is 0 Å². The smallest absolute Gasteiger partial charge is 0.279 e. The van der Waals surface area contributed by atoms with E-state index < -0.39 is 10.0 Å². The van der Waals surface area contributed by atoms with Crippen LogP contribution < -0.4 is 15.0 Å². The standard InChI is InChI=1S/C20H25N3O4S/c1-22(2)28(25,26)17-8-9-19(27-3)18(12-17)21-20(24)14-23-11-10-15-6-4-5-7-16(15)13-23/h4-9,12H,10-11,13-14H2,1-3H3,(H,21,24)/p+1. The van der Waals surface area contributed by atoms with Crippen LogP contribution in [0, 0.1) is 0 Å². The maximum atomic E-state index is 12.6. The van der Waals surface area contributed by atoms with Crippen LogP contribution in [-0.4, -0.2) is 52.9 Å². The highest BCUT2D eigenvalue weighted by Gasteiger charge is 2.23. The molecule has 1 heterocycles. The Morgan fingerprint density at radius 3 is 2.57 bits per heavy atom. The molecule has 0 aliphatic carbocycles. The summed E-state index contributed by atoms with van der Waals surface area (Å²) < 4.78 is 31.2. The summed E-state index contributed by atoms with van der Waals surface area (Å²) in [7, 11) is 0.820. The van der Waals surface area contributed by atoms with Crippen LogP contribution in [-0.2, 0) is 27.8 Å². The van der Waals surface area contributed by atoms with E-state index in [-0.39, 0.29) is 10.8 Å². The maximum absolute atomic E-state index is 12.6. The lowest BCUT2D eigenvalue weighted by Gasteiger charge is -2.25. The molecule has 28 heavy (non-hydrogen) atoms. The molecule has 0 fully saturated rings. The molecule has 2 aromatic carbocycles. The number of sulfonamides is 1. The quantitative estimate of drug-likeness (QED) is 0.736. The van der Waals surface area contributed by atoms with E-state index in [0.29, 0.717) is 18.0 Å². The zero-order chi connectivity index (χ0) is 20.3. The van der Waals surface area contributed by atoms with Crippen molar-refractivity contribution >= 4 is 21.6 Å². The van der Waals surface area contributed by atoms with Gasteiger partial charge in [-0.05, 0) is 23.8 Å². The first-order valence-electron chi connectivity index (χ1n) is 9.12. The van der Waals surface area contributed by atoms with Crippen molar-refractivity contribution < 1.29 is 22.8 Å². The second-order valence-corrected chi connectivity index (χ2v) is 9.22. The Balaban J connectivity index is 1.73. The summed E-state index contributed by atoms with van der Waals surface area (Å²) in [5.41, 5.74) is 2.97. The van der Waals surface area contributed by atoms with Crippen molar-refractivity contribution in [3.05, 3.63) is 53.6 Å². The minimum Gasteiger partial charge on any atom is -0.495 e. The number of rotatable bonds is 6. The number of fused-ring (bicyclic) bond motifs is 1. The first-order chi connectivity index (χ1) is 13.3. The van der Waals surface area contributed by atoms with Crippen molar-refractivity contribution in [2.24, 2.45) is 0 Å². The molecule has 0 aromatic heterocycles. The van der Waals surface area contributed by atoms with Gasteiger partial charge < -0.3 is 15.0 Å². The number of amides is 1. The van der Waals surface area contributed by atoms with E-state index in [9.17, 15) is 13.2 Å². The van der Waals surface area contributed by atoms with Gasteiger partial charge >= 0.3 is 0 Å². The number of methoxy groups -OCH3 is 1. The van der Waals surface area contributed by atoms with Crippen LogP contribution in [0.3, 0.4) is 0 Å². The van der Waals surface area contributed by atoms with Crippen LogP contribution in [0.25, 0.3) is 0 Å². The van der Waals surface area contributed by atoms with Gasteiger partial charge in [-0.15, -0.1) is 0 Å². The summed E-state index contributed by atoms with van der Waals surface area (Å²) >= 11 is 0. The average molecular weight is 405 g/mol. The zero-order valence-electron chi connectivity index (χ0n) is 16.4. The molecule has 0 saturated carbocycles. The summed E-state index contributed by atoms with van der Waals surface area (Å²) in [6, 6.07) is 12.7. The molecule has 7 nitrogen and oxygen atoms in total. The van der Waals surface area contributed by atoms with E-state index in [2.05, 4.69) is 17.4 Å². The van der Waals surface area contributed by atoms with Gasteiger partial charge in [-0.2, -0.15) is 0 Å². The van der Waals surface area contributed by atoms with E-state index in [1.807, 2.05) is 12.1 Å². The zero-order valence-corrected chi connectivity index (χ0v) is 17.2. The number of hydrogen-bond acceptors (Lipinski definition) is 4. The van der Waals surface area contributed by atoms with E-state index in [4.69, 9.17) is 4.74 Å². The van der Waals surface area contributed by atoms with E-state index in [1.54, 1.807) is 6.07 Å². The molecule has 1 unspecified atom stereocenters. The summed E-state index contributed by atoms with van der Waals surface area (Å²) in [5, 5.41) is 2.82. The third-order valence-corrected chi connectivity index (χ3v) is 6.75. The highest BCUT2D eigenvalue weighted by atomic mass is 32.2. The molecule has 0 radical (unpaired) electrons. The number of nitrogens with one attached hydrogen (secondary N) is 2. The molecular formula is C20H26N3O4S+. The largest absolute Gasteiger partial charge is 0.495 e. The van der Waals surface area contributed by atoms with Gasteiger partial charge in [0.05, 0.1) is 24.2 Å². The second-order valence-electron chi connectivity index (χ2n) is 7.07.